The summed E-state index contributed by atoms with van der Waals surface area (Å²) in [6.07, 6.45) is 3.57. The molecular formula is C17H20N4S. The first-order valence-electron chi connectivity index (χ1n) is 7.92. The first-order valence-corrected chi connectivity index (χ1v) is 8.86. The molecule has 1 fully saturated rings. The highest BCUT2D eigenvalue weighted by Crippen LogP contribution is 2.23. The van der Waals surface area contributed by atoms with Gasteiger partial charge in [0.15, 0.2) is 0 Å². The van der Waals surface area contributed by atoms with E-state index in [0.717, 1.165) is 43.2 Å². The predicted molar refractivity (Wildman–Crippen MR) is 90.2 cm³/mol. The Kier molecular flexibility index (Phi) is 3.91. The third-order valence-electron chi connectivity index (χ3n) is 4.47. The highest BCUT2D eigenvalue weighted by molar-refractivity contribution is 7.07. The zero-order valence-electron chi connectivity index (χ0n) is 12.5. The molecule has 1 saturated heterocycles. The zero-order chi connectivity index (χ0) is 14.8. The zero-order valence-corrected chi connectivity index (χ0v) is 13.4. The molecule has 4 nitrogen and oxygen atoms in total. The lowest BCUT2D eigenvalue weighted by Crippen LogP contribution is -2.29. The van der Waals surface area contributed by atoms with Crippen molar-refractivity contribution in [1.29, 1.82) is 0 Å². The number of nitrogens with one attached hydrogen (secondary N) is 1. The molecule has 1 aliphatic rings. The monoisotopic (exact) mass is 312 g/mol. The number of imidazole rings is 1. The van der Waals surface area contributed by atoms with Crippen molar-refractivity contribution in [3.8, 4) is 0 Å². The summed E-state index contributed by atoms with van der Waals surface area (Å²) >= 11 is 1.66. The van der Waals surface area contributed by atoms with Crippen molar-refractivity contribution in [2.45, 2.75) is 25.8 Å². The number of para-hydroxylation sites is 2. The van der Waals surface area contributed by atoms with Gasteiger partial charge in [0.05, 0.1) is 28.8 Å². The van der Waals surface area contributed by atoms with Gasteiger partial charge in [-0.1, -0.05) is 12.1 Å². The first-order chi connectivity index (χ1) is 10.9. The maximum absolute atomic E-state index is 4.91. The lowest BCUT2D eigenvalue weighted by Gasteiger charge is -2.22. The van der Waals surface area contributed by atoms with Crippen LogP contribution in [0.5, 0.6) is 0 Å². The molecule has 1 aliphatic heterocycles. The van der Waals surface area contributed by atoms with Gasteiger partial charge in [-0.15, -0.1) is 11.3 Å². The molecule has 0 radical (unpaired) electrons. The van der Waals surface area contributed by atoms with Crippen LogP contribution in [0.4, 0.5) is 0 Å². The van der Waals surface area contributed by atoms with E-state index in [1.165, 1.54) is 24.2 Å². The van der Waals surface area contributed by atoms with Crippen molar-refractivity contribution in [3.63, 3.8) is 0 Å². The maximum Gasteiger partial charge on any atom is 0.110 e. The van der Waals surface area contributed by atoms with E-state index in [1.807, 2.05) is 5.51 Å². The molecule has 0 atom stereocenters. The highest BCUT2D eigenvalue weighted by atomic mass is 32.1. The van der Waals surface area contributed by atoms with E-state index < -0.39 is 0 Å². The van der Waals surface area contributed by atoms with Gasteiger partial charge in [-0.25, -0.2) is 9.97 Å². The quantitative estimate of drug-likeness (QED) is 0.805. The van der Waals surface area contributed by atoms with Gasteiger partial charge in [0.25, 0.3) is 0 Å². The molecule has 5 heteroatoms. The van der Waals surface area contributed by atoms with Crippen molar-refractivity contribution in [3.05, 3.63) is 46.7 Å². The normalized spacial score (nSPS) is 16.4. The number of hydrogen-bond donors (Lipinski definition) is 1. The van der Waals surface area contributed by atoms with Crippen LogP contribution in [0.3, 0.4) is 0 Å². The Morgan fingerprint density at radius 1 is 1.23 bits per heavy atom. The van der Waals surface area contributed by atoms with Gasteiger partial charge in [-0.05, 0) is 44.0 Å². The lowest BCUT2D eigenvalue weighted by molar-refractivity contribution is 0.364. The van der Waals surface area contributed by atoms with E-state index in [4.69, 9.17) is 4.98 Å². The van der Waals surface area contributed by atoms with Crippen LogP contribution >= 0.6 is 11.3 Å². The molecule has 2 aromatic heterocycles. The SMILES string of the molecule is c1ccc2c(c1)nc(CC1CCNCC1)n2Cc1cscn1. The molecular weight excluding hydrogens is 292 g/mol. The smallest absolute Gasteiger partial charge is 0.110 e. The van der Waals surface area contributed by atoms with E-state index in [-0.39, 0.29) is 0 Å². The van der Waals surface area contributed by atoms with Crippen LogP contribution in [0.1, 0.15) is 24.4 Å². The third-order valence-corrected chi connectivity index (χ3v) is 5.10. The van der Waals surface area contributed by atoms with Crippen LogP contribution in [-0.4, -0.2) is 27.6 Å². The minimum Gasteiger partial charge on any atom is -0.322 e. The molecule has 0 aliphatic carbocycles. The highest BCUT2D eigenvalue weighted by Gasteiger charge is 2.18. The predicted octanol–water partition coefficient (Wildman–Crippen LogP) is 3.08. The van der Waals surface area contributed by atoms with Gasteiger partial charge in [-0.3, -0.25) is 0 Å². The topological polar surface area (TPSA) is 42.7 Å². The summed E-state index contributed by atoms with van der Waals surface area (Å²) < 4.78 is 2.35. The van der Waals surface area contributed by atoms with Gasteiger partial charge in [0.2, 0.25) is 0 Å². The van der Waals surface area contributed by atoms with E-state index >= 15 is 0 Å². The van der Waals surface area contributed by atoms with Crippen LogP contribution < -0.4 is 5.32 Å². The Labute approximate surface area is 134 Å². The minimum atomic E-state index is 0.743. The molecule has 114 valence electrons. The summed E-state index contributed by atoms with van der Waals surface area (Å²) in [7, 11) is 0. The summed E-state index contributed by atoms with van der Waals surface area (Å²) in [5.74, 6) is 1.95. The Bertz CT molecular complexity index is 741. The number of piperidine rings is 1. The summed E-state index contributed by atoms with van der Waals surface area (Å²) in [6, 6.07) is 8.44. The van der Waals surface area contributed by atoms with Crippen LogP contribution in [0.25, 0.3) is 11.0 Å². The number of thiazole rings is 1. The second-order valence-corrected chi connectivity index (χ2v) is 6.70. The molecule has 1 N–H and O–H groups in total. The lowest BCUT2D eigenvalue weighted by atomic mass is 9.94. The average molecular weight is 312 g/mol. The molecule has 22 heavy (non-hydrogen) atoms. The molecule has 0 bridgehead atoms. The van der Waals surface area contributed by atoms with E-state index in [2.05, 4.69) is 44.5 Å². The molecule has 1 aromatic carbocycles. The number of benzene rings is 1. The number of nitrogens with zero attached hydrogens (tertiary/aromatic N) is 3. The number of rotatable bonds is 4. The van der Waals surface area contributed by atoms with Crippen LogP contribution in [0.2, 0.25) is 0 Å². The molecule has 0 amide bonds. The van der Waals surface area contributed by atoms with Crippen LogP contribution in [0, 0.1) is 5.92 Å². The fourth-order valence-corrected chi connectivity index (χ4v) is 3.83. The van der Waals surface area contributed by atoms with Gasteiger partial charge >= 0.3 is 0 Å². The minimum absolute atomic E-state index is 0.743. The summed E-state index contributed by atoms with van der Waals surface area (Å²) in [6.45, 7) is 3.10. The summed E-state index contributed by atoms with van der Waals surface area (Å²) in [5.41, 5.74) is 5.35. The van der Waals surface area contributed by atoms with Gasteiger partial charge in [0.1, 0.15) is 5.82 Å². The maximum atomic E-state index is 4.91. The summed E-state index contributed by atoms with van der Waals surface area (Å²) in [4.78, 5) is 9.35. The Morgan fingerprint density at radius 3 is 2.91 bits per heavy atom. The van der Waals surface area contributed by atoms with Crippen molar-refractivity contribution in [2.24, 2.45) is 5.92 Å². The van der Waals surface area contributed by atoms with Gasteiger partial charge < -0.3 is 9.88 Å². The third kappa shape index (κ3) is 2.78. The molecule has 0 saturated carbocycles. The van der Waals surface area contributed by atoms with Crippen molar-refractivity contribution in [2.75, 3.05) is 13.1 Å². The van der Waals surface area contributed by atoms with Gasteiger partial charge in [-0.2, -0.15) is 0 Å². The number of aromatic nitrogens is 3. The fourth-order valence-electron chi connectivity index (χ4n) is 3.28. The molecule has 0 unspecified atom stereocenters. The fraction of sp³-hybridized carbons (Fsp3) is 0.412. The summed E-state index contributed by atoms with van der Waals surface area (Å²) in [5, 5.41) is 5.57. The first kappa shape index (κ1) is 13.9. The average Bonchev–Trinajstić information content (AvgIpc) is 3.18. The second-order valence-electron chi connectivity index (χ2n) is 5.98. The Morgan fingerprint density at radius 2 is 2.09 bits per heavy atom. The second kappa shape index (κ2) is 6.18. The number of fused-ring (bicyclic) bond motifs is 1. The van der Waals surface area contributed by atoms with E-state index in [0.29, 0.717) is 0 Å². The number of hydrogen-bond acceptors (Lipinski definition) is 4. The Balaban J connectivity index is 1.69. The largest absolute Gasteiger partial charge is 0.322 e. The van der Waals surface area contributed by atoms with Crippen molar-refractivity contribution < 1.29 is 0 Å². The Hall–Kier alpha value is -1.72. The molecule has 3 aromatic rings. The van der Waals surface area contributed by atoms with Crippen LogP contribution in [0.15, 0.2) is 35.2 Å². The van der Waals surface area contributed by atoms with Crippen LogP contribution in [-0.2, 0) is 13.0 Å². The molecule has 3 heterocycles. The standard InChI is InChI=1S/C17H20N4S/c1-2-4-16-15(3-1)20-17(9-13-5-7-18-8-6-13)21(16)10-14-11-22-12-19-14/h1-4,11-13,18H,5-10H2. The van der Waals surface area contributed by atoms with Crippen molar-refractivity contribution in [1.82, 2.24) is 19.9 Å². The molecule has 0 spiro atoms. The molecule has 4 rings (SSSR count). The van der Waals surface area contributed by atoms with Crippen molar-refractivity contribution >= 4 is 22.4 Å². The van der Waals surface area contributed by atoms with Gasteiger partial charge in [0, 0.05) is 11.8 Å². The van der Waals surface area contributed by atoms with E-state index in [1.54, 1.807) is 11.3 Å². The van der Waals surface area contributed by atoms with E-state index in [9.17, 15) is 0 Å².